The van der Waals surface area contributed by atoms with Gasteiger partial charge in [-0.15, -0.1) is 0 Å². The first-order chi connectivity index (χ1) is 14.8. The molecule has 0 unspecified atom stereocenters. The van der Waals surface area contributed by atoms with Crippen molar-refractivity contribution in [1.29, 1.82) is 0 Å². The van der Waals surface area contributed by atoms with E-state index in [-0.39, 0.29) is 6.61 Å². The Balaban J connectivity index is 1.66. The summed E-state index contributed by atoms with van der Waals surface area (Å²) in [5, 5.41) is 0. The molecule has 0 saturated heterocycles. The zero-order valence-corrected chi connectivity index (χ0v) is 18.6. The summed E-state index contributed by atoms with van der Waals surface area (Å²) in [6, 6.07) is 2.22. The Morgan fingerprint density at radius 1 is 0.968 bits per heavy atom. The standard InChI is InChI=1S/C25H34F4O2/c1-3-5-16-6-8-17(9-7-16)18-10-12-19(13-11-18)24(30)20-14-15-21(31-4-2)23(26)22(20)25(27,28)29/h14-19H,3-13H2,1-2H3. The Kier molecular flexibility index (Phi) is 8.03. The van der Waals surface area contributed by atoms with Crippen LogP contribution in [0.1, 0.15) is 94.0 Å². The first kappa shape index (κ1) is 24.1. The van der Waals surface area contributed by atoms with E-state index in [0.717, 1.165) is 30.9 Å². The highest BCUT2D eigenvalue weighted by Gasteiger charge is 2.42. The molecule has 0 aromatic heterocycles. The SMILES string of the molecule is CCCC1CCC(C2CCC(C(=O)c3ccc(OCC)c(F)c3C(F)(F)F)CC2)CC1. The maximum atomic E-state index is 14.5. The Hall–Kier alpha value is -1.59. The minimum Gasteiger partial charge on any atom is -0.491 e. The molecule has 0 N–H and O–H groups in total. The van der Waals surface area contributed by atoms with Crippen LogP contribution in [0.3, 0.4) is 0 Å². The average Bonchev–Trinajstić information content (AvgIpc) is 2.75. The second kappa shape index (κ2) is 10.4. The molecule has 2 saturated carbocycles. The highest BCUT2D eigenvalue weighted by Crippen LogP contribution is 2.44. The van der Waals surface area contributed by atoms with E-state index in [1.165, 1.54) is 38.5 Å². The maximum Gasteiger partial charge on any atom is 0.420 e. The van der Waals surface area contributed by atoms with Gasteiger partial charge >= 0.3 is 6.18 Å². The predicted octanol–water partition coefficient (Wildman–Crippen LogP) is 7.84. The Labute approximate surface area is 182 Å². The second-order valence-corrected chi connectivity index (χ2v) is 9.28. The van der Waals surface area contributed by atoms with Crippen LogP contribution in [0.4, 0.5) is 17.6 Å². The number of rotatable bonds is 7. The number of hydrogen-bond acceptors (Lipinski definition) is 2. The normalized spacial score (nSPS) is 27.2. The smallest absolute Gasteiger partial charge is 0.420 e. The number of ketones is 1. The third kappa shape index (κ3) is 5.61. The van der Waals surface area contributed by atoms with Gasteiger partial charge in [0.2, 0.25) is 0 Å². The van der Waals surface area contributed by atoms with Crippen LogP contribution in [0, 0.1) is 29.5 Å². The summed E-state index contributed by atoms with van der Waals surface area (Å²) in [5.74, 6) is -0.921. The van der Waals surface area contributed by atoms with Gasteiger partial charge in [0, 0.05) is 11.5 Å². The molecule has 2 aliphatic carbocycles. The number of carbonyl (C=O) groups excluding carboxylic acids is 1. The molecular weight excluding hydrogens is 408 g/mol. The van der Waals surface area contributed by atoms with Crippen molar-refractivity contribution < 1.29 is 27.1 Å². The third-order valence-corrected chi connectivity index (χ3v) is 7.35. The molecule has 0 aliphatic heterocycles. The van der Waals surface area contributed by atoms with Crippen LogP contribution in [0.15, 0.2) is 12.1 Å². The van der Waals surface area contributed by atoms with E-state index < -0.39 is 40.6 Å². The van der Waals surface area contributed by atoms with Crippen LogP contribution in [-0.2, 0) is 6.18 Å². The van der Waals surface area contributed by atoms with Gasteiger partial charge < -0.3 is 4.74 Å². The summed E-state index contributed by atoms with van der Waals surface area (Å²) in [6.45, 7) is 3.84. The highest BCUT2D eigenvalue weighted by atomic mass is 19.4. The predicted molar refractivity (Wildman–Crippen MR) is 113 cm³/mol. The quantitative estimate of drug-likeness (QED) is 0.318. The molecule has 2 aliphatic rings. The van der Waals surface area contributed by atoms with Gasteiger partial charge in [-0.3, -0.25) is 4.79 Å². The molecule has 1 aromatic carbocycles. The average molecular weight is 443 g/mol. The van der Waals surface area contributed by atoms with E-state index in [9.17, 15) is 22.4 Å². The molecule has 0 atom stereocenters. The zero-order chi connectivity index (χ0) is 22.6. The summed E-state index contributed by atoms with van der Waals surface area (Å²) < 4.78 is 60.3. The fourth-order valence-corrected chi connectivity index (χ4v) is 5.74. The molecule has 0 radical (unpaired) electrons. The molecule has 2 nitrogen and oxygen atoms in total. The van der Waals surface area contributed by atoms with Gasteiger partial charge in [-0.05, 0) is 75.3 Å². The van der Waals surface area contributed by atoms with E-state index in [1.54, 1.807) is 6.92 Å². The summed E-state index contributed by atoms with van der Waals surface area (Å²) >= 11 is 0. The van der Waals surface area contributed by atoms with Crippen LogP contribution >= 0.6 is 0 Å². The van der Waals surface area contributed by atoms with Crippen LogP contribution in [0.5, 0.6) is 5.75 Å². The van der Waals surface area contributed by atoms with E-state index in [1.807, 2.05) is 0 Å². The van der Waals surface area contributed by atoms with Crippen LogP contribution < -0.4 is 4.74 Å². The number of carbonyl (C=O) groups is 1. The van der Waals surface area contributed by atoms with Crippen molar-refractivity contribution >= 4 is 5.78 Å². The Bertz CT molecular complexity index is 743. The van der Waals surface area contributed by atoms with E-state index >= 15 is 0 Å². The maximum absolute atomic E-state index is 14.5. The van der Waals surface area contributed by atoms with Crippen LogP contribution in [0.2, 0.25) is 0 Å². The molecule has 31 heavy (non-hydrogen) atoms. The van der Waals surface area contributed by atoms with Crippen molar-refractivity contribution in [2.45, 2.75) is 84.2 Å². The van der Waals surface area contributed by atoms with E-state index in [2.05, 4.69) is 6.92 Å². The molecule has 6 heteroatoms. The molecule has 3 rings (SSSR count). The Morgan fingerprint density at radius 3 is 2.06 bits per heavy atom. The third-order valence-electron chi connectivity index (χ3n) is 7.35. The number of halogens is 4. The van der Waals surface area contributed by atoms with Crippen LogP contribution in [-0.4, -0.2) is 12.4 Å². The van der Waals surface area contributed by atoms with Crippen molar-refractivity contribution in [3.05, 3.63) is 29.1 Å². The zero-order valence-electron chi connectivity index (χ0n) is 18.6. The monoisotopic (exact) mass is 442 g/mol. The summed E-state index contributed by atoms with van der Waals surface area (Å²) in [5.41, 5.74) is -2.04. The van der Waals surface area contributed by atoms with Gasteiger partial charge in [0.05, 0.1) is 6.61 Å². The first-order valence-electron chi connectivity index (χ1n) is 11.8. The second-order valence-electron chi connectivity index (χ2n) is 9.28. The molecule has 0 heterocycles. The lowest BCUT2D eigenvalue weighted by Crippen LogP contribution is -2.29. The lowest BCUT2D eigenvalue weighted by atomic mass is 9.68. The lowest BCUT2D eigenvalue weighted by Gasteiger charge is -2.37. The largest absolute Gasteiger partial charge is 0.491 e. The molecule has 0 spiro atoms. The topological polar surface area (TPSA) is 26.3 Å². The number of ether oxygens (including phenoxy) is 1. The first-order valence-corrected chi connectivity index (χ1v) is 11.8. The summed E-state index contributed by atoms with van der Waals surface area (Å²) in [6.07, 6.45) is 5.52. The minimum absolute atomic E-state index is 0.0475. The van der Waals surface area contributed by atoms with Crippen LogP contribution in [0.25, 0.3) is 0 Å². The molecule has 2 fully saturated rings. The molecule has 174 valence electrons. The van der Waals surface area contributed by atoms with Gasteiger partial charge in [0.1, 0.15) is 5.56 Å². The molecule has 1 aromatic rings. The fourth-order valence-electron chi connectivity index (χ4n) is 5.74. The highest BCUT2D eigenvalue weighted by molar-refractivity contribution is 5.99. The van der Waals surface area contributed by atoms with Gasteiger partial charge in [0.25, 0.3) is 0 Å². The number of hydrogen-bond donors (Lipinski definition) is 0. The van der Waals surface area contributed by atoms with Gasteiger partial charge in [-0.25, -0.2) is 4.39 Å². The van der Waals surface area contributed by atoms with Gasteiger partial charge in [-0.1, -0.05) is 32.6 Å². The number of alkyl halides is 3. The van der Waals surface area contributed by atoms with Crippen molar-refractivity contribution in [3.63, 3.8) is 0 Å². The van der Waals surface area contributed by atoms with Crippen molar-refractivity contribution in [2.24, 2.45) is 23.7 Å². The molecular formula is C25H34F4O2. The van der Waals surface area contributed by atoms with E-state index in [4.69, 9.17) is 4.74 Å². The molecule has 0 amide bonds. The van der Waals surface area contributed by atoms with E-state index in [0.29, 0.717) is 24.7 Å². The lowest BCUT2D eigenvalue weighted by molar-refractivity contribution is -0.140. The summed E-state index contributed by atoms with van der Waals surface area (Å²) in [4.78, 5) is 13.0. The van der Waals surface area contributed by atoms with Crippen molar-refractivity contribution in [3.8, 4) is 5.75 Å². The minimum atomic E-state index is -4.95. The number of Topliss-reactive ketones (excluding diaryl/α,β-unsaturated/α-hetero) is 1. The Morgan fingerprint density at radius 2 is 1.55 bits per heavy atom. The van der Waals surface area contributed by atoms with Gasteiger partial charge in [0.15, 0.2) is 17.3 Å². The molecule has 0 bridgehead atoms. The fraction of sp³-hybridized carbons (Fsp3) is 0.720. The van der Waals surface area contributed by atoms with Crippen molar-refractivity contribution in [2.75, 3.05) is 6.61 Å². The number of benzene rings is 1. The summed E-state index contributed by atoms with van der Waals surface area (Å²) in [7, 11) is 0. The van der Waals surface area contributed by atoms with Crippen molar-refractivity contribution in [1.82, 2.24) is 0 Å². The van der Waals surface area contributed by atoms with Gasteiger partial charge in [-0.2, -0.15) is 13.2 Å².